The number of hydrogen-bond donors (Lipinski definition) is 1. The van der Waals surface area contributed by atoms with Crippen molar-refractivity contribution in [2.24, 2.45) is 0 Å². The molecule has 1 aromatic heterocycles. The zero-order valence-corrected chi connectivity index (χ0v) is 11.6. The van der Waals surface area contributed by atoms with Gasteiger partial charge in [-0.3, -0.25) is 4.98 Å². The van der Waals surface area contributed by atoms with Crippen LogP contribution in [-0.2, 0) is 0 Å². The summed E-state index contributed by atoms with van der Waals surface area (Å²) in [6.45, 7) is 5.96. The van der Waals surface area contributed by atoms with E-state index in [9.17, 15) is 4.39 Å². The molecule has 4 heteroatoms. The van der Waals surface area contributed by atoms with E-state index in [1.165, 1.54) is 6.07 Å². The minimum Gasteiger partial charge on any atom is -0.398 e. The third-order valence-corrected chi connectivity index (χ3v) is 3.52. The van der Waals surface area contributed by atoms with E-state index in [0.29, 0.717) is 16.6 Å². The number of aromatic nitrogens is 1. The van der Waals surface area contributed by atoms with E-state index in [-0.39, 0.29) is 11.7 Å². The average molecular weight is 297 g/mol. The Morgan fingerprint density at radius 1 is 1.35 bits per heavy atom. The third kappa shape index (κ3) is 1.90. The molecule has 0 bridgehead atoms. The quantitative estimate of drug-likeness (QED) is 0.858. The van der Waals surface area contributed by atoms with Gasteiger partial charge in [0.1, 0.15) is 5.82 Å². The van der Waals surface area contributed by atoms with E-state index in [1.54, 1.807) is 6.07 Å². The predicted molar refractivity (Wildman–Crippen MR) is 72.6 cm³/mol. The molecule has 2 aromatic rings. The van der Waals surface area contributed by atoms with Crippen LogP contribution in [0.15, 0.2) is 16.6 Å². The highest BCUT2D eigenvalue weighted by molar-refractivity contribution is 9.10. The fourth-order valence-corrected chi connectivity index (χ4v) is 2.61. The lowest BCUT2D eigenvalue weighted by Gasteiger charge is -2.15. The molecule has 17 heavy (non-hydrogen) atoms. The van der Waals surface area contributed by atoms with Crippen LogP contribution in [0.25, 0.3) is 10.9 Å². The first kappa shape index (κ1) is 12.3. The highest BCUT2D eigenvalue weighted by atomic mass is 79.9. The Kier molecular flexibility index (Phi) is 3.08. The third-order valence-electron chi connectivity index (χ3n) is 2.88. The van der Waals surface area contributed by atoms with Gasteiger partial charge in [0.05, 0.1) is 10.9 Å². The molecular formula is C13H14BrFN2. The van der Waals surface area contributed by atoms with Gasteiger partial charge in [-0.2, -0.15) is 0 Å². The first-order chi connectivity index (χ1) is 7.93. The lowest BCUT2D eigenvalue weighted by molar-refractivity contribution is 0.639. The van der Waals surface area contributed by atoms with Crippen molar-refractivity contribution in [1.29, 1.82) is 0 Å². The average Bonchev–Trinajstić information content (AvgIpc) is 2.22. The number of nitrogen functional groups attached to an aromatic ring is 1. The largest absolute Gasteiger partial charge is 0.398 e. The van der Waals surface area contributed by atoms with E-state index in [2.05, 4.69) is 20.9 Å². The number of hydrogen-bond acceptors (Lipinski definition) is 2. The molecule has 0 aliphatic carbocycles. The molecule has 0 atom stereocenters. The molecule has 0 radical (unpaired) electrons. The number of nitrogens with zero attached hydrogens (tertiary/aromatic N) is 1. The Morgan fingerprint density at radius 2 is 2.00 bits per heavy atom. The van der Waals surface area contributed by atoms with E-state index in [1.807, 2.05) is 20.8 Å². The second-order valence-electron chi connectivity index (χ2n) is 4.43. The number of anilines is 1. The van der Waals surface area contributed by atoms with Gasteiger partial charge in [0.2, 0.25) is 0 Å². The molecule has 0 aliphatic heterocycles. The van der Waals surface area contributed by atoms with Crippen LogP contribution < -0.4 is 5.73 Å². The van der Waals surface area contributed by atoms with E-state index in [0.717, 1.165) is 15.7 Å². The molecule has 0 amide bonds. The van der Waals surface area contributed by atoms with Crippen LogP contribution >= 0.6 is 15.9 Å². The summed E-state index contributed by atoms with van der Waals surface area (Å²) >= 11 is 3.38. The first-order valence-electron chi connectivity index (χ1n) is 5.47. The molecular weight excluding hydrogens is 283 g/mol. The summed E-state index contributed by atoms with van der Waals surface area (Å²) in [7, 11) is 0. The van der Waals surface area contributed by atoms with Crippen LogP contribution in [0, 0.1) is 12.7 Å². The predicted octanol–water partition coefficient (Wildman–Crippen LogP) is 4.15. The number of nitrogens with two attached hydrogens (primary N) is 1. The summed E-state index contributed by atoms with van der Waals surface area (Å²) in [5.74, 6) is -0.0969. The number of fused-ring (bicyclic) bond motifs is 1. The molecule has 1 heterocycles. The fraction of sp³-hybridized carbons (Fsp3) is 0.308. The summed E-state index contributed by atoms with van der Waals surface area (Å²) in [5, 5.41) is 0.411. The van der Waals surface area contributed by atoms with Gasteiger partial charge in [0, 0.05) is 15.9 Å². The van der Waals surface area contributed by atoms with Crippen molar-refractivity contribution in [2.45, 2.75) is 26.7 Å². The van der Waals surface area contributed by atoms with Crippen molar-refractivity contribution in [2.75, 3.05) is 5.73 Å². The second-order valence-corrected chi connectivity index (χ2v) is 5.29. The zero-order chi connectivity index (χ0) is 12.7. The van der Waals surface area contributed by atoms with Crippen LogP contribution in [0.4, 0.5) is 10.1 Å². The Labute approximate surface area is 108 Å². The van der Waals surface area contributed by atoms with Gasteiger partial charge in [0.25, 0.3) is 0 Å². The monoisotopic (exact) mass is 296 g/mol. The smallest absolute Gasteiger partial charge is 0.134 e. The maximum absolute atomic E-state index is 13.9. The number of halogens is 2. The summed E-state index contributed by atoms with van der Waals surface area (Å²) in [5.41, 5.74) is 8.96. The van der Waals surface area contributed by atoms with Gasteiger partial charge in [-0.15, -0.1) is 0 Å². The van der Waals surface area contributed by atoms with Crippen molar-refractivity contribution in [3.05, 3.63) is 33.7 Å². The second kappa shape index (κ2) is 4.26. The summed E-state index contributed by atoms with van der Waals surface area (Å²) in [6, 6.07) is 3.06. The Morgan fingerprint density at radius 3 is 2.59 bits per heavy atom. The van der Waals surface area contributed by atoms with E-state index < -0.39 is 0 Å². The minimum atomic E-state index is -0.324. The summed E-state index contributed by atoms with van der Waals surface area (Å²) in [4.78, 5) is 4.45. The van der Waals surface area contributed by atoms with Gasteiger partial charge in [-0.25, -0.2) is 4.39 Å². The summed E-state index contributed by atoms with van der Waals surface area (Å²) in [6.07, 6.45) is 0. The number of benzene rings is 1. The molecule has 0 saturated carbocycles. The van der Waals surface area contributed by atoms with Crippen molar-refractivity contribution >= 4 is 32.5 Å². The molecule has 90 valence electrons. The van der Waals surface area contributed by atoms with Gasteiger partial charge in [0.15, 0.2) is 0 Å². The normalized spacial score (nSPS) is 11.4. The molecule has 2 N–H and O–H groups in total. The standard InChI is InChI=1S/C13H14BrFN2/c1-6(2)10-7(3)17-13-8(14)4-5-9(15)11(13)12(10)16/h4-6H,1-3H3,(H2,16,17). The number of aryl methyl sites for hydroxylation is 1. The lowest BCUT2D eigenvalue weighted by atomic mass is 9.97. The van der Waals surface area contributed by atoms with Gasteiger partial charge < -0.3 is 5.73 Å². The topological polar surface area (TPSA) is 38.9 Å². The van der Waals surface area contributed by atoms with Gasteiger partial charge >= 0.3 is 0 Å². The fourth-order valence-electron chi connectivity index (χ4n) is 2.19. The minimum absolute atomic E-state index is 0.227. The van der Waals surface area contributed by atoms with Crippen molar-refractivity contribution in [1.82, 2.24) is 4.98 Å². The van der Waals surface area contributed by atoms with Crippen LogP contribution in [0.5, 0.6) is 0 Å². The van der Waals surface area contributed by atoms with E-state index >= 15 is 0 Å². The number of pyridine rings is 1. The zero-order valence-electron chi connectivity index (χ0n) is 10.0. The van der Waals surface area contributed by atoms with Gasteiger partial charge in [-0.1, -0.05) is 13.8 Å². The van der Waals surface area contributed by atoms with Crippen molar-refractivity contribution in [3.63, 3.8) is 0 Å². The molecule has 1 aromatic carbocycles. The molecule has 0 fully saturated rings. The molecule has 2 nitrogen and oxygen atoms in total. The molecule has 0 aliphatic rings. The Hall–Kier alpha value is -1.16. The molecule has 0 spiro atoms. The lowest BCUT2D eigenvalue weighted by Crippen LogP contribution is -2.04. The van der Waals surface area contributed by atoms with Crippen molar-refractivity contribution < 1.29 is 4.39 Å². The first-order valence-corrected chi connectivity index (χ1v) is 6.26. The maximum atomic E-state index is 13.9. The summed E-state index contributed by atoms with van der Waals surface area (Å²) < 4.78 is 14.6. The van der Waals surface area contributed by atoms with Crippen LogP contribution in [0.3, 0.4) is 0 Å². The highest BCUT2D eigenvalue weighted by Gasteiger charge is 2.17. The number of rotatable bonds is 1. The SMILES string of the molecule is Cc1nc2c(Br)ccc(F)c2c(N)c1C(C)C. The van der Waals surface area contributed by atoms with Crippen LogP contribution in [0.1, 0.15) is 31.0 Å². The van der Waals surface area contributed by atoms with Crippen molar-refractivity contribution in [3.8, 4) is 0 Å². The molecule has 0 unspecified atom stereocenters. The Balaban J connectivity index is 2.97. The Bertz CT molecular complexity index is 594. The molecule has 2 rings (SSSR count). The highest BCUT2D eigenvalue weighted by Crippen LogP contribution is 2.35. The maximum Gasteiger partial charge on any atom is 0.134 e. The van der Waals surface area contributed by atoms with Crippen LogP contribution in [-0.4, -0.2) is 4.98 Å². The molecule has 0 saturated heterocycles. The van der Waals surface area contributed by atoms with Gasteiger partial charge in [-0.05, 0) is 46.5 Å². The van der Waals surface area contributed by atoms with E-state index in [4.69, 9.17) is 5.73 Å². The van der Waals surface area contributed by atoms with Crippen LogP contribution in [0.2, 0.25) is 0 Å².